The molecule has 0 aliphatic heterocycles. The summed E-state index contributed by atoms with van der Waals surface area (Å²) in [6.45, 7) is 6.78. The van der Waals surface area contributed by atoms with Crippen LogP contribution in [0.15, 0.2) is 60.7 Å². The average Bonchev–Trinajstić information content (AvgIpc) is 2.86. The maximum atomic E-state index is 2.32. The minimum Gasteiger partial charge on any atom is -1.00 e. The fourth-order valence-electron chi connectivity index (χ4n) is 2.57. The summed E-state index contributed by atoms with van der Waals surface area (Å²) in [5, 5.41) is 2.66. The van der Waals surface area contributed by atoms with Gasteiger partial charge in [-0.1, -0.05) is 56.7 Å². The third-order valence-electron chi connectivity index (χ3n) is 3.72. The Hall–Kier alpha value is -0.500. The zero-order valence-corrected chi connectivity index (χ0v) is 18.1. The molecule has 0 heterocycles. The molecule has 0 aliphatic rings. The van der Waals surface area contributed by atoms with Crippen molar-refractivity contribution in [1.82, 2.24) is 0 Å². The van der Waals surface area contributed by atoms with E-state index in [0.717, 1.165) is 0 Å². The topological polar surface area (TPSA) is 0 Å². The number of hydrogen-bond donors (Lipinski definition) is 0. The van der Waals surface area contributed by atoms with Gasteiger partial charge in [0.2, 0.25) is 0 Å². The van der Waals surface area contributed by atoms with Crippen LogP contribution in [0, 0.1) is 0 Å². The molecule has 3 aromatic rings. The first-order valence-electron chi connectivity index (χ1n) is 6.81. The van der Waals surface area contributed by atoms with Crippen LogP contribution >= 0.6 is 0 Å². The zero-order valence-electron chi connectivity index (χ0n) is 13.0. The molecule has 0 atom stereocenters. The summed E-state index contributed by atoms with van der Waals surface area (Å²) in [7, 11) is 0. The standard InChI is InChI=1S/C19H19.2ClH.Hf/c1-19(2,3)16-10-4-9-15(13-16)18-12-6-8-14-7-5-11-17(14)18;;;/h4-13H,1-3H3;2*1H;/q-1;;;/p-2. The molecule has 0 fully saturated rings. The Balaban J connectivity index is 0.00000147. The Kier molecular flexibility index (Phi) is 8.19. The fraction of sp³-hybridized carbons (Fsp3) is 0.211. The van der Waals surface area contributed by atoms with Crippen LogP contribution in [0.2, 0.25) is 0 Å². The van der Waals surface area contributed by atoms with E-state index in [1.54, 1.807) is 0 Å². The van der Waals surface area contributed by atoms with E-state index in [9.17, 15) is 0 Å². The molecule has 3 heteroatoms. The van der Waals surface area contributed by atoms with Crippen LogP contribution in [0.25, 0.3) is 21.9 Å². The Morgan fingerprint density at radius 2 is 1.55 bits per heavy atom. The third-order valence-corrected chi connectivity index (χ3v) is 3.72. The first kappa shape index (κ1) is 21.5. The van der Waals surface area contributed by atoms with Gasteiger partial charge in [0, 0.05) is 25.8 Å². The molecule has 0 aromatic heterocycles. The maximum absolute atomic E-state index is 2.32. The van der Waals surface area contributed by atoms with Gasteiger partial charge in [-0.3, -0.25) is 0 Å². The van der Waals surface area contributed by atoms with Gasteiger partial charge in [-0.25, -0.2) is 0 Å². The smallest absolute Gasteiger partial charge is 0 e. The van der Waals surface area contributed by atoms with Gasteiger partial charge in [0.15, 0.2) is 0 Å². The van der Waals surface area contributed by atoms with E-state index in [1.165, 1.54) is 27.5 Å². The van der Waals surface area contributed by atoms with Gasteiger partial charge in [0.25, 0.3) is 0 Å². The van der Waals surface area contributed by atoms with Crippen LogP contribution in [0.5, 0.6) is 0 Å². The van der Waals surface area contributed by atoms with Gasteiger partial charge in [0.1, 0.15) is 0 Å². The number of halogens is 2. The molecular formula is C19H19Cl2Hf-3. The van der Waals surface area contributed by atoms with E-state index in [2.05, 4.69) is 81.4 Å². The van der Waals surface area contributed by atoms with E-state index < -0.39 is 0 Å². The van der Waals surface area contributed by atoms with Gasteiger partial charge >= 0.3 is 0 Å². The SMILES string of the molecule is CC(C)(C)c1cccc(-c2cccc3[cH-]ccc23)c1.[Cl-].[Cl-].[Hf]. The van der Waals surface area contributed by atoms with Crippen LogP contribution in [-0.4, -0.2) is 0 Å². The van der Waals surface area contributed by atoms with Crippen LogP contribution < -0.4 is 24.8 Å². The molecule has 0 radical (unpaired) electrons. The summed E-state index contributed by atoms with van der Waals surface area (Å²) < 4.78 is 0. The molecule has 0 bridgehead atoms. The summed E-state index contributed by atoms with van der Waals surface area (Å²) in [6, 6.07) is 21.9. The Morgan fingerprint density at radius 1 is 0.864 bits per heavy atom. The summed E-state index contributed by atoms with van der Waals surface area (Å²) in [4.78, 5) is 0. The van der Waals surface area contributed by atoms with Gasteiger partial charge in [0.05, 0.1) is 0 Å². The van der Waals surface area contributed by atoms with Crippen LogP contribution in [-0.2, 0) is 31.3 Å². The van der Waals surface area contributed by atoms with Crippen molar-refractivity contribution in [2.24, 2.45) is 0 Å². The molecule has 0 saturated heterocycles. The minimum atomic E-state index is 0. The maximum Gasteiger partial charge on any atom is 0 e. The summed E-state index contributed by atoms with van der Waals surface area (Å²) in [5.74, 6) is 0. The van der Waals surface area contributed by atoms with Crippen molar-refractivity contribution in [3.05, 3.63) is 66.2 Å². The van der Waals surface area contributed by atoms with Crippen LogP contribution in [0.1, 0.15) is 26.3 Å². The summed E-state index contributed by atoms with van der Waals surface area (Å²) >= 11 is 0. The van der Waals surface area contributed by atoms with E-state index in [0.29, 0.717) is 0 Å². The molecule has 0 saturated carbocycles. The van der Waals surface area contributed by atoms with Crippen molar-refractivity contribution in [3.63, 3.8) is 0 Å². The van der Waals surface area contributed by atoms with Crippen molar-refractivity contribution in [2.45, 2.75) is 26.2 Å². The molecule has 0 aliphatic carbocycles. The molecule has 0 unspecified atom stereocenters. The predicted molar refractivity (Wildman–Crippen MR) is 83.7 cm³/mol. The molecule has 22 heavy (non-hydrogen) atoms. The predicted octanol–water partition coefficient (Wildman–Crippen LogP) is -0.471. The Labute approximate surface area is 164 Å². The van der Waals surface area contributed by atoms with Gasteiger partial charge in [-0.15, -0.1) is 29.0 Å². The monoisotopic (exact) mass is 497 g/mol. The average molecular weight is 497 g/mol. The molecule has 0 nitrogen and oxygen atoms in total. The van der Waals surface area contributed by atoms with Gasteiger partial charge < -0.3 is 24.8 Å². The molecule has 0 N–H and O–H groups in total. The van der Waals surface area contributed by atoms with E-state index in [4.69, 9.17) is 0 Å². The summed E-state index contributed by atoms with van der Waals surface area (Å²) in [5.41, 5.74) is 4.21. The third kappa shape index (κ3) is 4.28. The molecular weight excluding hydrogens is 478 g/mol. The minimum absolute atomic E-state index is 0. The molecule has 0 amide bonds. The molecule has 3 rings (SSSR count). The van der Waals surface area contributed by atoms with Crippen LogP contribution in [0.4, 0.5) is 0 Å². The van der Waals surface area contributed by atoms with Crippen molar-refractivity contribution < 1.29 is 50.7 Å². The van der Waals surface area contributed by atoms with E-state index in [-0.39, 0.29) is 56.1 Å². The summed E-state index contributed by atoms with van der Waals surface area (Å²) in [6.07, 6.45) is 0. The van der Waals surface area contributed by atoms with E-state index in [1.807, 2.05) is 0 Å². The second-order valence-electron chi connectivity index (χ2n) is 6.17. The van der Waals surface area contributed by atoms with Crippen LogP contribution in [0.3, 0.4) is 0 Å². The first-order valence-corrected chi connectivity index (χ1v) is 6.81. The van der Waals surface area contributed by atoms with Crippen molar-refractivity contribution in [1.29, 1.82) is 0 Å². The fourth-order valence-corrected chi connectivity index (χ4v) is 2.57. The number of benzene rings is 2. The van der Waals surface area contributed by atoms with Gasteiger partial charge in [-0.05, 0) is 16.5 Å². The van der Waals surface area contributed by atoms with Gasteiger partial charge in [-0.2, -0.15) is 12.1 Å². The van der Waals surface area contributed by atoms with E-state index >= 15 is 0 Å². The zero-order chi connectivity index (χ0) is 13.5. The quantitative estimate of drug-likeness (QED) is 0.316. The molecule has 3 aromatic carbocycles. The van der Waals surface area contributed by atoms with Crippen molar-refractivity contribution >= 4 is 10.8 Å². The second-order valence-corrected chi connectivity index (χ2v) is 6.17. The Morgan fingerprint density at radius 3 is 2.23 bits per heavy atom. The number of fused-ring (bicyclic) bond motifs is 1. The number of rotatable bonds is 1. The molecule has 0 spiro atoms. The largest absolute Gasteiger partial charge is 1.00 e. The first-order chi connectivity index (χ1) is 9.05. The van der Waals surface area contributed by atoms with Crippen molar-refractivity contribution in [3.8, 4) is 11.1 Å². The normalized spacial score (nSPS) is 10.3. The van der Waals surface area contributed by atoms with Crippen molar-refractivity contribution in [2.75, 3.05) is 0 Å². The Bertz CT molecular complexity index is 723. The molecule has 116 valence electrons. The second kappa shape index (κ2) is 8.38. The number of hydrogen-bond acceptors (Lipinski definition) is 0.